The van der Waals surface area contributed by atoms with Crippen LogP contribution in [-0.2, 0) is 4.74 Å². The molecule has 0 radical (unpaired) electrons. The van der Waals surface area contributed by atoms with Crippen molar-refractivity contribution < 1.29 is 9.26 Å². The Morgan fingerprint density at radius 2 is 2.17 bits per heavy atom. The molecule has 0 amide bonds. The number of rotatable bonds is 3. The van der Waals surface area contributed by atoms with Gasteiger partial charge in [-0.1, -0.05) is 5.16 Å². The quantitative estimate of drug-likeness (QED) is 0.724. The van der Waals surface area contributed by atoms with Gasteiger partial charge < -0.3 is 14.2 Å². The summed E-state index contributed by atoms with van der Waals surface area (Å²) in [5, 5.41) is 4.10. The van der Waals surface area contributed by atoms with Gasteiger partial charge in [-0.3, -0.25) is 4.57 Å². The minimum atomic E-state index is -0.199. The summed E-state index contributed by atoms with van der Waals surface area (Å²) in [6, 6.07) is 3.75. The molecule has 3 aromatic rings. The molecule has 24 heavy (non-hydrogen) atoms. The first-order valence-corrected chi connectivity index (χ1v) is 7.81. The largest absolute Gasteiger partial charge is 0.363 e. The molecule has 0 aromatic carbocycles. The second-order valence-electron chi connectivity index (χ2n) is 5.99. The second kappa shape index (κ2) is 6.14. The van der Waals surface area contributed by atoms with E-state index in [1.54, 1.807) is 18.7 Å². The molecule has 1 saturated heterocycles. The third kappa shape index (κ3) is 2.93. The van der Waals surface area contributed by atoms with Crippen molar-refractivity contribution in [2.75, 3.05) is 20.1 Å². The van der Waals surface area contributed by atoms with Crippen LogP contribution in [0.15, 0.2) is 41.6 Å². The average molecular weight is 326 g/mol. The molecule has 3 aromatic heterocycles. The lowest BCUT2D eigenvalue weighted by atomic mass is 10.2. The molecule has 8 nitrogen and oxygen atoms in total. The van der Waals surface area contributed by atoms with Crippen LogP contribution in [0, 0.1) is 0 Å². The predicted octanol–water partition coefficient (Wildman–Crippen LogP) is 1.71. The molecule has 2 atom stereocenters. The van der Waals surface area contributed by atoms with Gasteiger partial charge in [0.15, 0.2) is 0 Å². The van der Waals surface area contributed by atoms with E-state index in [4.69, 9.17) is 9.26 Å². The van der Waals surface area contributed by atoms with Crippen LogP contribution in [0.1, 0.15) is 18.9 Å². The van der Waals surface area contributed by atoms with Crippen LogP contribution in [0.5, 0.6) is 0 Å². The van der Waals surface area contributed by atoms with Crippen LogP contribution < -0.4 is 0 Å². The predicted molar refractivity (Wildman–Crippen MR) is 85.4 cm³/mol. The normalized spacial score (nSPS) is 21.9. The fourth-order valence-corrected chi connectivity index (χ4v) is 2.88. The Bertz CT molecular complexity index is 806. The highest BCUT2D eigenvalue weighted by Crippen LogP contribution is 2.25. The van der Waals surface area contributed by atoms with Gasteiger partial charge in [-0.15, -0.1) is 0 Å². The highest BCUT2D eigenvalue weighted by molar-refractivity contribution is 5.56. The van der Waals surface area contributed by atoms with Gasteiger partial charge in [-0.25, -0.2) is 9.97 Å². The van der Waals surface area contributed by atoms with E-state index in [-0.39, 0.29) is 12.2 Å². The van der Waals surface area contributed by atoms with E-state index in [9.17, 15) is 0 Å². The minimum absolute atomic E-state index is 0.137. The van der Waals surface area contributed by atoms with E-state index in [0.29, 0.717) is 11.7 Å². The van der Waals surface area contributed by atoms with Gasteiger partial charge in [-0.05, 0) is 26.1 Å². The maximum absolute atomic E-state index is 5.91. The number of hydrogen-bond acceptors (Lipinski definition) is 7. The lowest BCUT2D eigenvalue weighted by Gasteiger charge is -2.32. The lowest BCUT2D eigenvalue weighted by molar-refractivity contribution is -0.0838. The lowest BCUT2D eigenvalue weighted by Crippen LogP contribution is -2.40. The number of ether oxygens (including phenoxy) is 1. The monoisotopic (exact) mass is 326 g/mol. The zero-order valence-electron chi connectivity index (χ0n) is 13.5. The van der Waals surface area contributed by atoms with Crippen molar-refractivity contribution in [2.45, 2.75) is 19.1 Å². The van der Waals surface area contributed by atoms with Crippen molar-refractivity contribution in [3.63, 3.8) is 0 Å². The SMILES string of the molecule is C[C@@H]1CN(C)C[C@H](c2nc(-c3ccnc(-n4ccnc4)c3)no2)O1. The molecule has 4 heterocycles. The van der Waals surface area contributed by atoms with Gasteiger partial charge in [0.1, 0.15) is 18.2 Å². The maximum Gasteiger partial charge on any atom is 0.257 e. The second-order valence-corrected chi connectivity index (χ2v) is 5.99. The zero-order chi connectivity index (χ0) is 16.5. The average Bonchev–Trinajstić information content (AvgIpc) is 3.26. The Hall–Kier alpha value is -2.58. The molecule has 0 unspecified atom stereocenters. The zero-order valence-corrected chi connectivity index (χ0v) is 13.5. The number of imidazole rings is 1. The summed E-state index contributed by atoms with van der Waals surface area (Å²) in [6.07, 6.45) is 6.89. The van der Waals surface area contributed by atoms with E-state index >= 15 is 0 Å². The Kier molecular flexibility index (Phi) is 3.83. The Balaban J connectivity index is 1.60. The first-order chi connectivity index (χ1) is 11.7. The van der Waals surface area contributed by atoms with Gasteiger partial charge in [0.25, 0.3) is 5.89 Å². The summed E-state index contributed by atoms with van der Waals surface area (Å²) in [6.45, 7) is 3.68. The summed E-state index contributed by atoms with van der Waals surface area (Å²) in [5.74, 6) is 1.78. The number of aromatic nitrogens is 5. The summed E-state index contributed by atoms with van der Waals surface area (Å²) in [7, 11) is 2.06. The van der Waals surface area contributed by atoms with Crippen molar-refractivity contribution in [3.05, 3.63) is 42.9 Å². The highest BCUT2D eigenvalue weighted by atomic mass is 16.5. The fourth-order valence-electron chi connectivity index (χ4n) is 2.88. The number of nitrogens with zero attached hydrogens (tertiary/aromatic N) is 6. The molecule has 1 fully saturated rings. The molecule has 0 aliphatic carbocycles. The third-order valence-electron chi connectivity index (χ3n) is 3.93. The van der Waals surface area contributed by atoms with E-state index in [0.717, 1.165) is 24.5 Å². The fraction of sp³-hybridized carbons (Fsp3) is 0.375. The summed E-state index contributed by atoms with van der Waals surface area (Å²) >= 11 is 0. The van der Waals surface area contributed by atoms with E-state index < -0.39 is 0 Å². The van der Waals surface area contributed by atoms with Gasteiger partial charge in [0.2, 0.25) is 5.82 Å². The standard InChI is InChI=1S/C16H18N6O2/c1-11-8-21(2)9-13(23-11)16-19-15(20-24-16)12-3-4-18-14(7-12)22-6-5-17-10-22/h3-7,10-11,13H,8-9H2,1-2H3/t11-,13-/m1/s1. The van der Waals surface area contributed by atoms with E-state index in [1.165, 1.54) is 0 Å². The van der Waals surface area contributed by atoms with E-state index in [1.807, 2.05) is 29.8 Å². The molecule has 1 aliphatic heterocycles. The number of hydrogen-bond donors (Lipinski definition) is 0. The van der Waals surface area contributed by atoms with Crippen LogP contribution >= 0.6 is 0 Å². The van der Waals surface area contributed by atoms with Crippen LogP contribution in [-0.4, -0.2) is 55.8 Å². The van der Waals surface area contributed by atoms with Gasteiger partial charge in [0.05, 0.1) is 6.10 Å². The Labute approximate surface area is 139 Å². The van der Waals surface area contributed by atoms with Crippen molar-refractivity contribution in [1.82, 2.24) is 29.6 Å². The summed E-state index contributed by atoms with van der Waals surface area (Å²) < 4.78 is 13.2. The Morgan fingerprint density at radius 3 is 2.96 bits per heavy atom. The van der Waals surface area contributed by atoms with Gasteiger partial charge in [-0.2, -0.15) is 4.98 Å². The molecule has 1 aliphatic rings. The molecule has 0 bridgehead atoms. The molecular weight excluding hydrogens is 308 g/mol. The van der Waals surface area contributed by atoms with Crippen LogP contribution in [0.3, 0.4) is 0 Å². The molecule has 0 spiro atoms. The molecular formula is C16H18N6O2. The molecule has 8 heteroatoms. The van der Waals surface area contributed by atoms with Crippen LogP contribution in [0.2, 0.25) is 0 Å². The molecule has 4 rings (SSSR count). The molecule has 0 saturated carbocycles. The number of morpholine rings is 1. The third-order valence-corrected chi connectivity index (χ3v) is 3.93. The van der Waals surface area contributed by atoms with Crippen LogP contribution in [0.4, 0.5) is 0 Å². The maximum atomic E-state index is 5.91. The van der Waals surface area contributed by atoms with Crippen molar-refractivity contribution in [3.8, 4) is 17.2 Å². The van der Waals surface area contributed by atoms with Crippen molar-refractivity contribution in [2.24, 2.45) is 0 Å². The van der Waals surface area contributed by atoms with E-state index in [2.05, 4.69) is 32.1 Å². The van der Waals surface area contributed by atoms with Crippen LogP contribution in [0.25, 0.3) is 17.2 Å². The number of pyridine rings is 1. The van der Waals surface area contributed by atoms with Gasteiger partial charge in [0, 0.05) is 37.2 Å². The topological polar surface area (TPSA) is 82.1 Å². The summed E-state index contributed by atoms with van der Waals surface area (Å²) in [5.41, 5.74) is 0.834. The highest BCUT2D eigenvalue weighted by Gasteiger charge is 2.28. The number of likely N-dealkylation sites (N-methyl/N-ethyl adjacent to an activating group) is 1. The smallest absolute Gasteiger partial charge is 0.257 e. The summed E-state index contributed by atoms with van der Waals surface area (Å²) in [4.78, 5) is 15.1. The first-order valence-electron chi connectivity index (χ1n) is 7.81. The molecule has 124 valence electrons. The Morgan fingerprint density at radius 1 is 1.25 bits per heavy atom. The van der Waals surface area contributed by atoms with Gasteiger partial charge >= 0.3 is 0 Å². The van der Waals surface area contributed by atoms with Crippen molar-refractivity contribution >= 4 is 0 Å². The molecule has 0 N–H and O–H groups in total. The van der Waals surface area contributed by atoms with Crippen molar-refractivity contribution in [1.29, 1.82) is 0 Å². The minimum Gasteiger partial charge on any atom is -0.363 e. The first kappa shape index (κ1) is 15.0.